The van der Waals surface area contributed by atoms with E-state index in [1.807, 2.05) is 25.1 Å². The quantitative estimate of drug-likeness (QED) is 0.749. The summed E-state index contributed by atoms with van der Waals surface area (Å²) in [6.45, 7) is 1.82. The van der Waals surface area contributed by atoms with Crippen LogP contribution in [0.2, 0.25) is 5.02 Å². The van der Waals surface area contributed by atoms with Crippen LogP contribution in [0.1, 0.15) is 18.5 Å². The Morgan fingerprint density at radius 3 is 2.42 bits per heavy atom. The molecular weight excluding hydrogens is 368 g/mol. The molecule has 0 saturated carbocycles. The molecule has 2 aromatic carbocycles. The first-order chi connectivity index (χ1) is 11.3. The molecule has 1 atom stereocenters. The molecule has 3 N–H and O–H groups in total. The summed E-state index contributed by atoms with van der Waals surface area (Å²) in [5, 5.41) is 8.53. The molecule has 24 heavy (non-hydrogen) atoms. The summed E-state index contributed by atoms with van der Waals surface area (Å²) in [4.78, 5) is 12.9. The van der Waals surface area contributed by atoms with Crippen LogP contribution in [0.25, 0.3) is 0 Å². The molecule has 0 aromatic heterocycles. The van der Waals surface area contributed by atoms with Crippen LogP contribution in [0.5, 0.6) is 0 Å². The van der Waals surface area contributed by atoms with Gasteiger partial charge >= 0.3 is 0 Å². The van der Waals surface area contributed by atoms with Gasteiger partial charge in [-0.05, 0) is 36.8 Å². The highest BCUT2D eigenvalue weighted by molar-refractivity contribution is 8.00. The van der Waals surface area contributed by atoms with E-state index in [-0.39, 0.29) is 22.6 Å². The van der Waals surface area contributed by atoms with Gasteiger partial charge in [-0.25, -0.2) is 13.6 Å². The van der Waals surface area contributed by atoms with Crippen LogP contribution in [0.4, 0.5) is 0 Å². The minimum atomic E-state index is -3.71. The SMILES string of the molecule is C[C@@H](NC(=O)CSc1ccccc1Cl)c1ccc(S(N)(=O)=O)cc1. The van der Waals surface area contributed by atoms with Crippen molar-refractivity contribution >= 4 is 39.3 Å². The number of primary sulfonamides is 1. The van der Waals surface area contributed by atoms with E-state index in [2.05, 4.69) is 5.32 Å². The highest BCUT2D eigenvalue weighted by Crippen LogP contribution is 2.26. The second kappa shape index (κ2) is 8.02. The molecule has 0 fully saturated rings. The molecule has 0 aliphatic heterocycles. The maximum absolute atomic E-state index is 12.0. The number of amides is 1. The van der Waals surface area contributed by atoms with Crippen molar-refractivity contribution < 1.29 is 13.2 Å². The van der Waals surface area contributed by atoms with Gasteiger partial charge in [-0.1, -0.05) is 35.9 Å². The van der Waals surface area contributed by atoms with Crippen LogP contribution in [0, 0.1) is 0 Å². The third kappa shape index (κ3) is 5.24. The molecule has 128 valence electrons. The Morgan fingerprint density at radius 1 is 1.21 bits per heavy atom. The third-order valence-electron chi connectivity index (χ3n) is 3.28. The molecule has 0 spiro atoms. The Balaban J connectivity index is 1.93. The maximum Gasteiger partial charge on any atom is 0.238 e. The molecule has 2 aromatic rings. The zero-order valence-electron chi connectivity index (χ0n) is 12.9. The first-order valence-electron chi connectivity index (χ1n) is 7.07. The smallest absolute Gasteiger partial charge is 0.238 e. The fourth-order valence-electron chi connectivity index (χ4n) is 2.02. The number of carbonyl (C=O) groups is 1. The van der Waals surface area contributed by atoms with Gasteiger partial charge in [0.2, 0.25) is 15.9 Å². The molecule has 0 radical (unpaired) electrons. The normalized spacial score (nSPS) is 12.6. The van der Waals surface area contributed by atoms with Gasteiger partial charge in [-0.3, -0.25) is 4.79 Å². The number of nitrogens with one attached hydrogen (secondary N) is 1. The van der Waals surface area contributed by atoms with Gasteiger partial charge in [0.25, 0.3) is 0 Å². The number of nitrogens with two attached hydrogens (primary N) is 1. The van der Waals surface area contributed by atoms with E-state index in [0.717, 1.165) is 10.5 Å². The van der Waals surface area contributed by atoms with E-state index in [1.54, 1.807) is 18.2 Å². The van der Waals surface area contributed by atoms with Crippen molar-refractivity contribution in [3.05, 3.63) is 59.1 Å². The molecule has 0 bridgehead atoms. The average molecular weight is 385 g/mol. The summed E-state index contributed by atoms with van der Waals surface area (Å²) >= 11 is 7.41. The Morgan fingerprint density at radius 2 is 1.83 bits per heavy atom. The van der Waals surface area contributed by atoms with Crippen molar-refractivity contribution in [3.63, 3.8) is 0 Å². The monoisotopic (exact) mass is 384 g/mol. The van der Waals surface area contributed by atoms with E-state index in [4.69, 9.17) is 16.7 Å². The lowest BCUT2D eigenvalue weighted by atomic mass is 10.1. The lowest BCUT2D eigenvalue weighted by Crippen LogP contribution is -2.28. The van der Waals surface area contributed by atoms with Crippen LogP contribution in [0.3, 0.4) is 0 Å². The van der Waals surface area contributed by atoms with Crippen molar-refractivity contribution in [3.8, 4) is 0 Å². The number of thioether (sulfide) groups is 1. The van der Waals surface area contributed by atoms with Gasteiger partial charge in [0.05, 0.1) is 21.7 Å². The Labute approximate surface area is 150 Å². The first kappa shape index (κ1) is 18.8. The lowest BCUT2D eigenvalue weighted by molar-refractivity contribution is -0.119. The Kier molecular flexibility index (Phi) is 6.28. The summed E-state index contributed by atoms with van der Waals surface area (Å²) in [6, 6.07) is 13.2. The Bertz CT molecular complexity index is 823. The Hall–Kier alpha value is -1.54. The second-order valence-electron chi connectivity index (χ2n) is 5.12. The lowest BCUT2D eigenvalue weighted by Gasteiger charge is -2.14. The molecule has 5 nitrogen and oxygen atoms in total. The second-order valence-corrected chi connectivity index (χ2v) is 8.11. The van der Waals surface area contributed by atoms with Gasteiger partial charge in [-0.2, -0.15) is 0 Å². The summed E-state index contributed by atoms with van der Waals surface area (Å²) < 4.78 is 22.5. The number of benzene rings is 2. The summed E-state index contributed by atoms with van der Waals surface area (Å²) in [7, 11) is -3.71. The van der Waals surface area contributed by atoms with Crippen LogP contribution >= 0.6 is 23.4 Å². The van der Waals surface area contributed by atoms with Crippen LogP contribution in [-0.4, -0.2) is 20.1 Å². The molecule has 0 aliphatic rings. The predicted octanol–water partition coefficient (Wildman–Crippen LogP) is 2.96. The minimum absolute atomic E-state index is 0.0408. The molecule has 2 rings (SSSR count). The van der Waals surface area contributed by atoms with E-state index in [9.17, 15) is 13.2 Å². The van der Waals surface area contributed by atoms with Gasteiger partial charge < -0.3 is 5.32 Å². The van der Waals surface area contributed by atoms with Crippen molar-refractivity contribution in [2.75, 3.05) is 5.75 Å². The predicted molar refractivity (Wildman–Crippen MR) is 96.5 cm³/mol. The van der Waals surface area contributed by atoms with Crippen LogP contribution in [0.15, 0.2) is 58.3 Å². The number of hydrogen-bond acceptors (Lipinski definition) is 4. The van der Waals surface area contributed by atoms with Crippen molar-refractivity contribution in [1.82, 2.24) is 5.32 Å². The third-order valence-corrected chi connectivity index (χ3v) is 5.73. The van der Waals surface area contributed by atoms with Crippen LogP contribution in [-0.2, 0) is 14.8 Å². The van der Waals surface area contributed by atoms with Gasteiger partial charge in [0.1, 0.15) is 0 Å². The summed E-state index contributed by atoms with van der Waals surface area (Å²) in [6.07, 6.45) is 0. The largest absolute Gasteiger partial charge is 0.349 e. The highest BCUT2D eigenvalue weighted by Gasteiger charge is 2.12. The molecular formula is C16H17ClN2O3S2. The standard InChI is InChI=1S/C16H17ClN2O3S2/c1-11(12-6-8-13(9-7-12)24(18,21)22)19-16(20)10-23-15-5-3-2-4-14(15)17/h2-9,11H,10H2,1H3,(H,19,20)(H2,18,21,22)/t11-/m1/s1. The van der Waals surface area contributed by atoms with E-state index >= 15 is 0 Å². The van der Waals surface area contributed by atoms with Crippen LogP contribution < -0.4 is 10.5 Å². The van der Waals surface area contributed by atoms with E-state index in [0.29, 0.717) is 5.02 Å². The number of carbonyl (C=O) groups excluding carboxylic acids is 1. The number of sulfonamides is 1. The number of rotatable bonds is 6. The van der Waals surface area contributed by atoms with E-state index < -0.39 is 10.0 Å². The van der Waals surface area contributed by atoms with Crippen molar-refractivity contribution in [2.45, 2.75) is 22.8 Å². The number of halogens is 1. The van der Waals surface area contributed by atoms with Gasteiger partial charge in [0, 0.05) is 4.90 Å². The zero-order valence-corrected chi connectivity index (χ0v) is 15.3. The van der Waals surface area contributed by atoms with E-state index in [1.165, 1.54) is 23.9 Å². The van der Waals surface area contributed by atoms with Crippen molar-refractivity contribution in [2.24, 2.45) is 5.14 Å². The fraction of sp³-hybridized carbons (Fsp3) is 0.188. The average Bonchev–Trinajstić information content (AvgIpc) is 2.53. The topological polar surface area (TPSA) is 89.3 Å². The van der Waals surface area contributed by atoms with Gasteiger partial charge in [-0.15, -0.1) is 11.8 Å². The fourth-order valence-corrected chi connectivity index (χ4v) is 3.58. The molecule has 0 unspecified atom stereocenters. The number of hydrogen-bond donors (Lipinski definition) is 2. The molecule has 0 heterocycles. The van der Waals surface area contributed by atoms with Gasteiger partial charge in [0.15, 0.2) is 0 Å². The first-order valence-corrected chi connectivity index (χ1v) is 9.98. The zero-order chi connectivity index (χ0) is 17.7. The summed E-state index contributed by atoms with van der Waals surface area (Å²) in [5.41, 5.74) is 0.790. The summed E-state index contributed by atoms with van der Waals surface area (Å²) in [5.74, 6) is 0.103. The maximum atomic E-state index is 12.0. The molecule has 0 saturated heterocycles. The van der Waals surface area contributed by atoms with Crippen molar-refractivity contribution in [1.29, 1.82) is 0 Å². The molecule has 0 aliphatic carbocycles. The highest BCUT2D eigenvalue weighted by atomic mass is 35.5. The minimum Gasteiger partial charge on any atom is -0.349 e. The molecule has 8 heteroatoms. The molecule has 1 amide bonds.